The van der Waals surface area contributed by atoms with Crippen LogP contribution in [0.1, 0.15) is 73.1 Å². The summed E-state index contributed by atoms with van der Waals surface area (Å²) in [5.74, 6) is 9.16. The highest BCUT2D eigenvalue weighted by atomic mass is 32.1. The van der Waals surface area contributed by atoms with E-state index in [0.29, 0.717) is 5.92 Å². The summed E-state index contributed by atoms with van der Waals surface area (Å²) in [6, 6.07) is 12.8. The molecule has 1 nitrogen and oxygen atoms in total. The molecule has 2 aromatic rings. The molecular weight excluding hydrogens is 408 g/mol. The average Bonchev–Trinajstić information content (AvgIpc) is 3.59. The summed E-state index contributed by atoms with van der Waals surface area (Å²) >= 11 is 4.37. The molecule has 0 aliphatic heterocycles. The van der Waals surface area contributed by atoms with Crippen LogP contribution in [0.25, 0.3) is 0 Å². The first kappa shape index (κ1) is 21.5. The maximum Gasteiger partial charge on any atom is 0.143 e. The molecular formula is C27H23F2NS. The van der Waals surface area contributed by atoms with Crippen molar-refractivity contribution < 1.29 is 8.78 Å². The van der Waals surface area contributed by atoms with Gasteiger partial charge < -0.3 is 0 Å². The van der Waals surface area contributed by atoms with E-state index in [1.807, 2.05) is 17.3 Å². The SMILES string of the molecule is Fc1cc(C#Cc2ccc(C3CCC(CC4CC4)CC3)cc2)cc(F)c1C#CN=C=S. The van der Waals surface area contributed by atoms with Gasteiger partial charge in [0.05, 0.1) is 16.8 Å². The molecule has 0 atom stereocenters. The van der Waals surface area contributed by atoms with Crippen LogP contribution in [0.3, 0.4) is 0 Å². The van der Waals surface area contributed by atoms with Crippen LogP contribution in [-0.2, 0) is 0 Å². The minimum Gasteiger partial charge on any atom is -0.205 e. The number of nitrogens with zero attached hydrogens (tertiary/aromatic N) is 1. The summed E-state index contributed by atoms with van der Waals surface area (Å²) in [4.78, 5) is 3.35. The standard InChI is InChI=1S/C27H23F2NS/c28-26-16-22(17-27(29)25(26)13-14-30-18-31)4-1-19-5-9-23(10-6-19)24-11-7-21(8-12-24)15-20-2-3-20/h5-6,9-10,16-17,20-21,24H,2-3,7-8,11-12,15H2. The van der Waals surface area contributed by atoms with Gasteiger partial charge in [-0.25, -0.2) is 8.78 Å². The van der Waals surface area contributed by atoms with Crippen molar-refractivity contribution in [2.24, 2.45) is 16.8 Å². The highest BCUT2D eigenvalue weighted by Gasteiger charge is 2.28. The van der Waals surface area contributed by atoms with Gasteiger partial charge in [0, 0.05) is 11.1 Å². The maximum atomic E-state index is 14.1. The Kier molecular flexibility index (Phi) is 6.93. The second-order valence-electron chi connectivity index (χ2n) is 8.52. The van der Waals surface area contributed by atoms with Crippen LogP contribution in [0, 0.1) is 47.3 Å². The lowest BCUT2D eigenvalue weighted by atomic mass is 9.77. The van der Waals surface area contributed by atoms with E-state index in [4.69, 9.17) is 0 Å². The largest absolute Gasteiger partial charge is 0.205 e. The molecule has 31 heavy (non-hydrogen) atoms. The number of thiocarbonyl (C=S) groups is 1. The third-order valence-electron chi connectivity index (χ3n) is 6.27. The molecule has 0 amide bonds. The number of rotatable bonds is 3. The third kappa shape index (κ3) is 5.89. The van der Waals surface area contributed by atoms with Gasteiger partial charge in [0.1, 0.15) is 11.6 Å². The smallest absolute Gasteiger partial charge is 0.143 e. The van der Waals surface area contributed by atoms with Crippen molar-refractivity contribution in [1.82, 2.24) is 0 Å². The van der Waals surface area contributed by atoms with Gasteiger partial charge in [-0.3, -0.25) is 0 Å². The molecule has 2 saturated carbocycles. The monoisotopic (exact) mass is 431 g/mol. The fourth-order valence-electron chi connectivity index (χ4n) is 4.41. The van der Waals surface area contributed by atoms with Crippen molar-refractivity contribution >= 4 is 17.4 Å². The molecule has 4 heteroatoms. The lowest BCUT2D eigenvalue weighted by molar-refractivity contribution is 0.299. The molecule has 4 rings (SSSR count). The van der Waals surface area contributed by atoms with Gasteiger partial charge in [0.15, 0.2) is 0 Å². The average molecular weight is 432 g/mol. The van der Waals surface area contributed by atoms with Crippen LogP contribution in [0.5, 0.6) is 0 Å². The van der Waals surface area contributed by atoms with Crippen molar-refractivity contribution in [3.05, 3.63) is 70.3 Å². The second-order valence-corrected chi connectivity index (χ2v) is 8.71. The van der Waals surface area contributed by atoms with Gasteiger partial charge in [-0.15, -0.1) is 4.99 Å². The summed E-state index contributed by atoms with van der Waals surface area (Å²) in [7, 11) is 0. The van der Waals surface area contributed by atoms with E-state index in [2.05, 4.69) is 53.1 Å². The molecule has 0 bridgehead atoms. The Labute approximate surface area is 188 Å². The highest BCUT2D eigenvalue weighted by Crippen LogP contribution is 2.43. The number of hydrogen-bond donors (Lipinski definition) is 0. The van der Waals surface area contributed by atoms with Crippen LogP contribution in [0.4, 0.5) is 8.78 Å². The zero-order valence-electron chi connectivity index (χ0n) is 17.3. The highest BCUT2D eigenvalue weighted by molar-refractivity contribution is 7.78. The lowest BCUT2D eigenvalue weighted by Crippen LogP contribution is -2.13. The topological polar surface area (TPSA) is 12.4 Å². The third-order valence-corrected chi connectivity index (χ3v) is 6.36. The molecule has 0 aromatic heterocycles. The number of aliphatic imine (C=N–C) groups is 1. The number of halogens is 2. The number of benzene rings is 2. The quantitative estimate of drug-likeness (QED) is 0.294. The molecule has 2 fully saturated rings. The summed E-state index contributed by atoms with van der Waals surface area (Å²) < 4.78 is 28.3. The Morgan fingerprint density at radius 2 is 1.39 bits per heavy atom. The zero-order chi connectivity index (χ0) is 21.6. The summed E-state index contributed by atoms with van der Waals surface area (Å²) in [6.45, 7) is 0. The van der Waals surface area contributed by atoms with Gasteiger partial charge in [-0.1, -0.05) is 36.8 Å². The van der Waals surface area contributed by atoms with Crippen molar-refractivity contribution in [2.75, 3.05) is 0 Å². The van der Waals surface area contributed by atoms with Gasteiger partial charge >= 0.3 is 0 Å². The minimum absolute atomic E-state index is 0.261. The first-order valence-corrected chi connectivity index (χ1v) is 11.2. The van der Waals surface area contributed by atoms with E-state index < -0.39 is 11.6 Å². The molecule has 0 radical (unpaired) electrons. The Hall–Kier alpha value is -2.78. The van der Waals surface area contributed by atoms with Crippen molar-refractivity contribution in [3.8, 4) is 23.8 Å². The van der Waals surface area contributed by atoms with E-state index in [0.717, 1.165) is 17.4 Å². The van der Waals surface area contributed by atoms with E-state index >= 15 is 0 Å². The zero-order valence-corrected chi connectivity index (χ0v) is 18.1. The molecule has 2 aromatic carbocycles. The Morgan fingerprint density at radius 3 is 1.97 bits per heavy atom. The predicted molar refractivity (Wildman–Crippen MR) is 123 cm³/mol. The summed E-state index contributed by atoms with van der Waals surface area (Å²) in [5.41, 5.74) is 2.10. The van der Waals surface area contributed by atoms with Crippen LogP contribution in [-0.4, -0.2) is 5.16 Å². The minimum atomic E-state index is -0.774. The predicted octanol–water partition coefficient (Wildman–Crippen LogP) is 6.85. The van der Waals surface area contributed by atoms with E-state index in [9.17, 15) is 8.78 Å². The molecule has 2 aliphatic rings. The fourth-order valence-corrected chi connectivity index (χ4v) is 4.46. The van der Waals surface area contributed by atoms with E-state index in [1.54, 1.807) is 0 Å². The van der Waals surface area contributed by atoms with Gasteiger partial charge in [0.25, 0.3) is 0 Å². The van der Waals surface area contributed by atoms with Crippen molar-refractivity contribution in [3.63, 3.8) is 0 Å². The Balaban J connectivity index is 1.40. The number of hydrogen-bond acceptors (Lipinski definition) is 2. The molecule has 0 saturated heterocycles. The van der Waals surface area contributed by atoms with Crippen LogP contribution >= 0.6 is 12.2 Å². The number of isothiocyanates is 1. The van der Waals surface area contributed by atoms with Crippen molar-refractivity contribution in [2.45, 2.75) is 50.9 Å². The first-order valence-electron chi connectivity index (χ1n) is 10.8. The Bertz CT molecular complexity index is 1090. The molecule has 0 N–H and O–H groups in total. The van der Waals surface area contributed by atoms with E-state index in [-0.39, 0.29) is 11.1 Å². The lowest BCUT2D eigenvalue weighted by Gasteiger charge is -2.28. The fraction of sp³-hybridized carbons (Fsp3) is 0.370. The second kappa shape index (κ2) is 10.0. The first-order chi connectivity index (χ1) is 15.1. The van der Waals surface area contributed by atoms with E-state index in [1.165, 1.54) is 62.6 Å². The van der Waals surface area contributed by atoms with Crippen LogP contribution in [0.2, 0.25) is 0 Å². The molecule has 2 aliphatic carbocycles. The maximum absolute atomic E-state index is 14.1. The van der Waals surface area contributed by atoms with Crippen LogP contribution in [0.15, 0.2) is 41.4 Å². The summed E-state index contributed by atoms with van der Waals surface area (Å²) in [5, 5.41) is 2.03. The van der Waals surface area contributed by atoms with Gasteiger partial charge in [-0.2, -0.15) is 0 Å². The molecule has 0 unspecified atom stereocenters. The molecule has 156 valence electrons. The normalized spacial score (nSPS) is 19.9. The van der Waals surface area contributed by atoms with Gasteiger partial charge in [-0.05, 0) is 97.8 Å². The summed E-state index contributed by atoms with van der Waals surface area (Å²) in [6.07, 6.45) is 9.57. The van der Waals surface area contributed by atoms with Crippen LogP contribution < -0.4 is 0 Å². The molecule has 0 spiro atoms. The Morgan fingerprint density at radius 1 is 0.806 bits per heavy atom. The van der Waals surface area contributed by atoms with Gasteiger partial charge in [0.2, 0.25) is 0 Å². The van der Waals surface area contributed by atoms with Crippen molar-refractivity contribution in [1.29, 1.82) is 0 Å². The molecule has 0 heterocycles.